The van der Waals surface area contributed by atoms with Crippen LogP contribution < -0.4 is 10.1 Å². The van der Waals surface area contributed by atoms with Gasteiger partial charge in [-0.25, -0.2) is 4.39 Å². The van der Waals surface area contributed by atoms with Gasteiger partial charge in [0.25, 0.3) is 0 Å². The van der Waals surface area contributed by atoms with Crippen LogP contribution in [0.25, 0.3) is 0 Å². The Kier molecular flexibility index (Phi) is 3.48. The van der Waals surface area contributed by atoms with Crippen LogP contribution in [0.1, 0.15) is 24.8 Å². The van der Waals surface area contributed by atoms with Gasteiger partial charge in [0.2, 0.25) is 0 Å². The van der Waals surface area contributed by atoms with Crippen LogP contribution in [-0.4, -0.2) is 19.4 Å². The van der Waals surface area contributed by atoms with Crippen LogP contribution in [0.5, 0.6) is 5.75 Å². The Balaban J connectivity index is 1.62. The predicted molar refractivity (Wildman–Crippen MR) is 65.8 cm³/mol. The monoisotopic (exact) mass is 251 g/mol. The molecule has 3 nitrogen and oxygen atoms in total. The highest BCUT2D eigenvalue weighted by Crippen LogP contribution is 2.30. The minimum atomic E-state index is -0.238. The maximum Gasteiger partial charge on any atom is 0.200 e. The molecule has 1 atom stereocenters. The van der Waals surface area contributed by atoms with Crippen molar-refractivity contribution in [1.29, 1.82) is 0 Å². The Morgan fingerprint density at radius 1 is 1.28 bits per heavy atom. The normalized spacial score (nSPS) is 24.4. The van der Waals surface area contributed by atoms with E-state index in [-0.39, 0.29) is 12.1 Å². The molecule has 2 aliphatic rings. The Hall–Kier alpha value is -1.13. The van der Waals surface area contributed by atoms with Crippen molar-refractivity contribution < 1.29 is 13.9 Å². The summed E-state index contributed by atoms with van der Waals surface area (Å²) in [5.74, 6) is 1.19. The summed E-state index contributed by atoms with van der Waals surface area (Å²) in [7, 11) is 0. The fourth-order valence-corrected chi connectivity index (χ4v) is 2.64. The minimum absolute atomic E-state index is 0.175. The summed E-state index contributed by atoms with van der Waals surface area (Å²) in [5.41, 5.74) is 0.802. The van der Waals surface area contributed by atoms with Crippen molar-refractivity contribution in [3.8, 4) is 5.75 Å². The number of halogens is 1. The van der Waals surface area contributed by atoms with Gasteiger partial charge in [-0.05, 0) is 50.0 Å². The van der Waals surface area contributed by atoms with Crippen molar-refractivity contribution in [2.75, 3.05) is 13.1 Å². The fourth-order valence-electron chi connectivity index (χ4n) is 2.64. The smallest absolute Gasteiger partial charge is 0.200 e. The average Bonchev–Trinajstić information content (AvgIpc) is 2.40. The summed E-state index contributed by atoms with van der Waals surface area (Å²) < 4.78 is 24.5. The van der Waals surface area contributed by atoms with Gasteiger partial charge in [0, 0.05) is 12.0 Å². The zero-order valence-corrected chi connectivity index (χ0v) is 10.3. The maximum absolute atomic E-state index is 13.0. The molecule has 0 aromatic heterocycles. The lowest BCUT2D eigenvalue weighted by Crippen LogP contribution is -2.33. The van der Waals surface area contributed by atoms with Gasteiger partial charge in [-0.3, -0.25) is 0 Å². The number of benzene rings is 1. The molecule has 0 spiro atoms. The molecule has 2 aliphatic heterocycles. The first-order valence-corrected chi connectivity index (χ1v) is 6.58. The van der Waals surface area contributed by atoms with E-state index >= 15 is 0 Å². The largest absolute Gasteiger partial charge is 0.465 e. The molecule has 4 heteroatoms. The third-order valence-electron chi connectivity index (χ3n) is 3.69. The zero-order chi connectivity index (χ0) is 12.4. The van der Waals surface area contributed by atoms with Gasteiger partial charge in [-0.15, -0.1) is 0 Å². The van der Waals surface area contributed by atoms with E-state index in [2.05, 4.69) is 5.32 Å². The molecule has 1 fully saturated rings. The molecule has 1 aromatic rings. The third kappa shape index (κ3) is 2.65. The SMILES string of the molecule is Fc1ccc2c(c1)COC(CC1CCNCC1)O2. The maximum atomic E-state index is 13.0. The second-order valence-corrected chi connectivity index (χ2v) is 5.04. The molecule has 1 N–H and O–H groups in total. The molecule has 2 heterocycles. The average molecular weight is 251 g/mol. The van der Waals surface area contributed by atoms with Crippen molar-refractivity contribution in [3.63, 3.8) is 0 Å². The first kappa shape index (κ1) is 11.9. The number of rotatable bonds is 2. The molecule has 1 unspecified atom stereocenters. The van der Waals surface area contributed by atoms with Gasteiger partial charge in [0.1, 0.15) is 11.6 Å². The lowest BCUT2D eigenvalue weighted by Gasteiger charge is -2.30. The van der Waals surface area contributed by atoms with Crippen molar-refractivity contribution in [3.05, 3.63) is 29.6 Å². The van der Waals surface area contributed by atoms with Crippen LogP contribution in [0, 0.1) is 11.7 Å². The van der Waals surface area contributed by atoms with Crippen molar-refractivity contribution in [2.45, 2.75) is 32.2 Å². The standard InChI is InChI=1S/C14H18FNO2/c15-12-1-2-13-11(8-12)9-17-14(18-13)7-10-3-5-16-6-4-10/h1-2,8,10,14,16H,3-7,9H2. The van der Waals surface area contributed by atoms with Gasteiger partial charge in [0.15, 0.2) is 6.29 Å². The number of nitrogens with one attached hydrogen (secondary N) is 1. The lowest BCUT2D eigenvalue weighted by molar-refractivity contribution is -0.120. The van der Waals surface area contributed by atoms with Crippen LogP contribution in [0.15, 0.2) is 18.2 Å². The zero-order valence-electron chi connectivity index (χ0n) is 10.3. The molecule has 18 heavy (non-hydrogen) atoms. The highest BCUT2D eigenvalue weighted by molar-refractivity contribution is 5.34. The lowest BCUT2D eigenvalue weighted by atomic mass is 9.94. The Bertz CT molecular complexity index is 418. The molecule has 1 saturated heterocycles. The molecule has 3 rings (SSSR count). The molecule has 1 aromatic carbocycles. The molecule has 0 bridgehead atoms. The number of piperidine rings is 1. The van der Waals surface area contributed by atoms with Gasteiger partial charge < -0.3 is 14.8 Å². The second kappa shape index (κ2) is 5.24. The van der Waals surface area contributed by atoms with Gasteiger partial charge in [0.05, 0.1) is 6.61 Å². The van der Waals surface area contributed by atoms with Crippen LogP contribution in [0.2, 0.25) is 0 Å². The van der Waals surface area contributed by atoms with Crippen molar-refractivity contribution in [1.82, 2.24) is 5.32 Å². The summed E-state index contributed by atoms with van der Waals surface area (Å²) >= 11 is 0. The predicted octanol–water partition coefficient (Wildman–Crippen LogP) is 2.45. The van der Waals surface area contributed by atoms with E-state index in [0.29, 0.717) is 12.5 Å². The Morgan fingerprint density at radius 2 is 2.11 bits per heavy atom. The van der Waals surface area contributed by atoms with E-state index < -0.39 is 0 Å². The number of hydrogen-bond acceptors (Lipinski definition) is 3. The number of fused-ring (bicyclic) bond motifs is 1. The van der Waals surface area contributed by atoms with Crippen LogP contribution in [0.3, 0.4) is 0 Å². The Labute approximate surface area is 106 Å². The molecular weight excluding hydrogens is 233 g/mol. The van der Waals surface area contributed by atoms with Crippen molar-refractivity contribution >= 4 is 0 Å². The summed E-state index contributed by atoms with van der Waals surface area (Å²) in [6, 6.07) is 4.62. The minimum Gasteiger partial charge on any atom is -0.465 e. The summed E-state index contributed by atoms with van der Waals surface area (Å²) in [4.78, 5) is 0. The quantitative estimate of drug-likeness (QED) is 0.875. The van der Waals surface area contributed by atoms with E-state index in [1.807, 2.05) is 0 Å². The number of hydrogen-bond donors (Lipinski definition) is 1. The van der Waals surface area contributed by atoms with E-state index in [0.717, 1.165) is 30.8 Å². The van der Waals surface area contributed by atoms with E-state index in [1.54, 1.807) is 6.07 Å². The highest BCUT2D eigenvalue weighted by atomic mass is 19.1. The summed E-state index contributed by atoms with van der Waals surface area (Å²) in [5, 5.41) is 3.35. The van der Waals surface area contributed by atoms with Gasteiger partial charge >= 0.3 is 0 Å². The molecule has 0 aliphatic carbocycles. The molecule has 98 valence electrons. The van der Waals surface area contributed by atoms with E-state index in [9.17, 15) is 4.39 Å². The first-order chi connectivity index (χ1) is 8.81. The van der Waals surface area contributed by atoms with Gasteiger partial charge in [-0.1, -0.05) is 0 Å². The topological polar surface area (TPSA) is 30.5 Å². The molecule has 0 amide bonds. The molecule has 0 saturated carbocycles. The van der Waals surface area contributed by atoms with Crippen LogP contribution >= 0.6 is 0 Å². The summed E-state index contributed by atoms with van der Waals surface area (Å²) in [6.07, 6.45) is 3.11. The number of ether oxygens (including phenoxy) is 2. The van der Waals surface area contributed by atoms with Crippen LogP contribution in [0.4, 0.5) is 4.39 Å². The van der Waals surface area contributed by atoms with E-state index in [4.69, 9.17) is 9.47 Å². The fraction of sp³-hybridized carbons (Fsp3) is 0.571. The first-order valence-electron chi connectivity index (χ1n) is 6.58. The molecular formula is C14H18FNO2. The highest BCUT2D eigenvalue weighted by Gasteiger charge is 2.25. The third-order valence-corrected chi connectivity index (χ3v) is 3.69. The summed E-state index contributed by atoms with van der Waals surface area (Å²) in [6.45, 7) is 2.61. The molecule has 0 radical (unpaired) electrons. The van der Waals surface area contributed by atoms with Gasteiger partial charge in [-0.2, -0.15) is 0 Å². The van der Waals surface area contributed by atoms with Crippen molar-refractivity contribution in [2.24, 2.45) is 5.92 Å². The Morgan fingerprint density at radius 3 is 2.94 bits per heavy atom. The van der Waals surface area contributed by atoms with E-state index in [1.165, 1.54) is 25.0 Å². The van der Waals surface area contributed by atoms with Crippen LogP contribution in [-0.2, 0) is 11.3 Å². The second-order valence-electron chi connectivity index (χ2n) is 5.04.